The highest BCUT2D eigenvalue weighted by Gasteiger charge is 2.29. The lowest BCUT2D eigenvalue weighted by atomic mass is 10.1. The zero-order valence-corrected chi connectivity index (χ0v) is 20.7. The average Bonchev–Trinajstić information content (AvgIpc) is 2.88. The van der Waals surface area contributed by atoms with Crippen LogP contribution in [0.25, 0.3) is 0 Å². The monoisotopic (exact) mass is 510 g/mol. The number of hydrogen-bond acceptors (Lipinski definition) is 7. The molecule has 11 heteroatoms. The van der Waals surface area contributed by atoms with E-state index in [1.165, 1.54) is 46.8 Å². The molecule has 10 nitrogen and oxygen atoms in total. The number of benzene rings is 3. The van der Waals surface area contributed by atoms with Crippen molar-refractivity contribution in [2.45, 2.75) is 11.8 Å². The van der Waals surface area contributed by atoms with Crippen LogP contribution in [-0.4, -0.2) is 56.8 Å². The number of nitro benzene ring substituents is 1. The summed E-state index contributed by atoms with van der Waals surface area (Å²) in [6.07, 6.45) is 0. The van der Waals surface area contributed by atoms with Gasteiger partial charge in [-0.1, -0.05) is 12.1 Å². The molecule has 36 heavy (non-hydrogen) atoms. The lowest BCUT2D eigenvalue weighted by Gasteiger charge is -2.35. The maximum Gasteiger partial charge on any atom is 0.272 e. The largest absolute Gasteiger partial charge is 0.495 e. The molecule has 0 aromatic heterocycles. The minimum atomic E-state index is -3.70. The van der Waals surface area contributed by atoms with Gasteiger partial charge in [-0.05, 0) is 55.5 Å². The number of carbonyl (C=O) groups is 1. The van der Waals surface area contributed by atoms with Gasteiger partial charge in [0.05, 0.1) is 22.6 Å². The second kappa shape index (κ2) is 10.3. The predicted molar refractivity (Wildman–Crippen MR) is 136 cm³/mol. The molecule has 188 valence electrons. The van der Waals surface area contributed by atoms with Crippen molar-refractivity contribution in [1.29, 1.82) is 0 Å². The summed E-state index contributed by atoms with van der Waals surface area (Å²) in [6.45, 7) is 3.28. The molecule has 1 fully saturated rings. The highest BCUT2D eigenvalue weighted by molar-refractivity contribution is 7.89. The van der Waals surface area contributed by atoms with Gasteiger partial charge in [-0.3, -0.25) is 14.9 Å². The van der Waals surface area contributed by atoms with Gasteiger partial charge in [0.25, 0.3) is 11.6 Å². The second-order valence-corrected chi connectivity index (χ2v) is 10.2. The first-order valence-corrected chi connectivity index (χ1v) is 12.7. The van der Waals surface area contributed by atoms with Crippen LogP contribution >= 0.6 is 0 Å². The average molecular weight is 511 g/mol. The molecule has 0 radical (unpaired) electrons. The molecule has 0 bridgehead atoms. The molecule has 1 aliphatic heterocycles. The summed E-state index contributed by atoms with van der Waals surface area (Å²) in [6, 6.07) is 17.7. The molecular formula is C25H26N4O6S. The van der Waals surface area contributed by atoms with Crippen molar-refractivity contribution in [1.82, 2.24) is 4.31 Å². The molecule has 3 aromatic rings. The van der Waals surface area contributed by atoms with E-state index in [2.05, 4.69) is 10.2 Å². The van der Waals surface area contributed by atoms with Crippen molar-refractivity contribution in [3.8, 4) is 5.75 Å². The molecule has 1 N–H and O–H groups in total. The maximum absolute atomic E-state index is 13.2. The van der Waals surface area contributed by atoms with E-state index in [-0.39, 0.29) is 16.1 Å². The van der Waals surface area contributed by atoms with E-state index >= 15 is 0 Å². The van der Waals surface area contributed by atoms with Crippen LogP contribution in [0.5, 0.6) is 5.75 Å². The second-order valence-electron chi connectivity index (χ2n) is 8.30. The summed E-state index contributed by atoms with van der Waals surface area (Å²) < 4.78 is 33.2. The van der Waals surface area contributed by atoms with Gasteiger partial charge in [0.1, 0.15) is 5.75 Å². The van der Waals surface area contributed by atoms with Crippen molar-refractivity contribution < 1.29 is 22.9 Å². The van der Waals surface area contributed by atoms with E-state index in [4.69, 9.17) is 4.74 Å². The summed E-state index contributed by atoms with van der Waals surface area (Å²) in [4.78, 5) is 25.3. The Kier molecular flexibility index (Phi) is 7.22. The fourth-order valence-electron chi connectivity index (χ4n) is 4.12. The van der Waals surface area contributed by atoms with Gasteiger partial charge in [0, 0.05) is 49.1 Å². The molecule has 0 saturated carbocycles. The third kappa shape index (κ3) is 5.16. The zero-order valence-electron chi connectivity index (χ0n) is 19.9. The number of hydrogen-bond donors (Lipinski definition) is 1. The molecular weight excluding hydrogens is 484 g/mol. The van der Waals surface area contributed by atoms with Gasteiger partial charge >= 0.3 is 0 Å². The normalized spacial score (nSPS) is 14.3. The van der Waals surface area contributed by atoms with Crippen molar-refractivity contribution in [2.75, 3.05) is 43.5 Å². The molecule has 1 saturated heterocycles. The number of anilines is 2. The molecule has 0 atom stereocenters. The number of amides is 1. The van der Waals surface area contributed by atoms with Gasteiger partial charge in [-0.2, -0.15) is 4.31 Å². The van der Waals surface area contributed by atoms with E-state index in [1.807, 2.05) is 24.3 Å². The number of rotatable bonds is 7. The number of ether oxygens (including phenoxy) is 1. The van der Waals surface area contributed by atoms with Gasteiger partial charge < -0.3 is 15.0 Å². The molecule has 3 aromatic carbocycles. The van der Waals surface area contributed by atoms with Crippen LogP contribution < -0.4 is 15.0 Å². The Morgan fingerprint density at radius 3 is 2.28 bits per heavy atom. The van der Waals surface area contributed by atoms with E-state index in [0.29, 0.717) is 37.4 Å². The van der Waals surface area contributed by atoms with Crippen LogP contribution in [0.4, 0.5) is 17.1 Å². The molecule has 0 unspecified atom stereocenters. The maximum atomic E-state index is 13.2. The first kappa shape index (κ1) is 25.1. The first-order chi connectivity index (χ1) is 17.2. The van der Waals surface area contributed by atoms with Crippen LogP contribution in [-0.2, 0) is 10.0 Å². The molecule has 4 rings (SSSR count). The Balaban J connectivity index is 1.41. The summed E-state index contributed by atoms with van der Waals surface area (Å²) >= 11 is 0. The van der Waals surface area contributed by atoms with Gasteiger partial charge in [-0.15, -0.1) is 0 Å². The number of aryl methyl sites for hydroxylation is 1. The van der Waals surface area contributed by atoms with Crippen molar-refractivity contribution in [3.05, 3.63) is 88.0 Å². The Hall–Kier alpha value is -3.96. The van der Waals surface area contributed by atoms with Crippen LogP contribution in [0.3, 0.4) is 0 Å². The number of methoxy groups -OCH3 is 1. The van der Waals surface area contributed by atoms with Crippen LogP contribution in [0.1, 0.15) is 15.9 Å². The van der Waals surface area contributed by atoms with E-state index in [0.717, 1.165) is 11.4 Å². The Morgan fingerprint density at radius 1 is 1.00 bits per heavy atom. The van der Waals surface area contributed by atoms with Crippen LogP contribution in [0, 0.1) is 17.0 Å². The number of sulfonamides is 1. The van der Waals surface area contributed by atoms with Crippen LogP contribution in [0.15, 0.2) is 71.6 Å². The smallest absolute Gasteiger partial charge is 0.272 e. The first-order valence-electron chi connectivity index (χ1n) is 11.3. The summed E-state index contributed by atoms with van der Waals surface area (Å²) in [5.41, 5.74) is 1.92. The van der Waals surface area contributed by atoms with E-state index < -0.39 is 20.9 Å². The number of carbonyl (C=O) groups excluding carboxylic acids is 1. The minimum absolute atomic E-state index is 0.0650. The van der Waals surface area contributed by atoms with Crippen LogP contribution in [0.2, 0.25) is 0 Å². The Morgan fingerprint density at radius 2 is 1.67 bits per heavy atom. The lowest BCUT2D eigenvalue weighted by Crippen LogP contribution is -2.48. The fourth-order valence-corrected chi connectivity index (χ4v) is 5.55. The third-order valence-electron chi connectivity index (χ3n) is 6.07. The number of piperazine rings is 1. The van der Waals surface area contributed by atoms with Crippen molar-refractivity contribution in [3.63, 3.8) is 0 Å². The summed E-state index contributed by atoms with van der Waals surface area (Å²) in [5.74, 6) is 0.298. The predicted octanol–water partition coefficient (Wildman–Crippen LogP) is 3.68. The van der Waals surface area contributed by atoms with Crippen molar-refractivity contribution in [2.24, 2.45) is 0 Å². The van der Waals surface area contributed by atoms with Gasteiger partial charge in [-0.25, -0.2) is 8.42 Å². The van der Waals surface area contributed by atoms with Gasteiger partial charge in [0.15, 0.2) is 0 Å². The quantitative estimate of drug-likeness (QED) is 0.380. The van der Waals surface area contributed by atoms with E-state index in [1.54, 1.807) is 14.0 Å². The number of nitro groups is 1. The zero-order chi connectivity index (χ0) is 25.9. The molecule has 0 spiro atoms. The SMILES string of the molecule is COc1ccccc1N1CCN(S(=O)(=O)c2ccc(NC(=O)c3ccc([N+](=O)[O-])c(C)c3)cc2)CC1. The standard InChI is InChI=1S/C25H26N4O6S/c1-18-17-19(7-12-22(18)29(31)32)25(30)26-20-8-10-21(11-9-20)36(33,34)28-15-13-27(14-16-28)23-5-3-4-6-24(23)35-2/h3-12,17H,13-16H2,1-2H3,(H,26,30). The summed E-state index contributed by atoms with van der Waals surface area (Å²) in [5, 5.41) is 13.7. The van der Waals surface area contributed by atoms with Crippen molar-refractivity contribution >= 4 is 33.0 Å². The minimum Gasteiger partial charge on any atom is -0.495 e. The topological polar surface area (TPSA) is 122 Å². The molecule has 1 amide bonds. The van der Waals surface area contributed by atoms with E-state index in [9.17, 15) is 23.3 Å². The van der Waals surface area contributed by atoms with Gasteiger partial charge in [0.2, 0.25) is 10.0 Å². The molecule has 1 aliphatic rings. The molecule has 1 heterocycles. The number of para-hydroxylation sites is 2. The number of nitrogens with one attached hydrogen (secondary N) is 1. The highest BCUT2D eigenvalue weighted by atomic mass is 32.2. The fraction of sp³-hybridized carbons (Fsp3) is 0.240. The lowest BCUT2D eigenvalue weighted by molar-refractivity contribution is -0.385. The Bertz CT molecular complexity index is 1380. The molecule has 0 aliphatic carbocycles. The highest BCUT2D eigenvalue weighted by Crippen LogP contribution is 2.29. The summed E-state index contributed by atoms with van der Waals surface area (Å²) in [7, 11) is -2.09. The Labute approximate surface area is 209 Å². The number of nitrogens with zero attached hydrogens (tertiary/aromatic N) is 3. The third-order valence-corrected chi connectivity index (χ3v) is 7.98.